The first-order chi connectivity index (χ1) is 21.0. The Bertz CT molecular complexity index is 1150. The summed E-state index contributed by atoms with van der Waals surface area (Å²) >= 11 is 0. The number of carboxylic acids is 1. The minimum Gasteiger partial charge on any atom is -0.481 e. The number of aliphatic carboxylic acids is 1. The number of carbonyl (C=O) groups is 2. The Morgan fingerprint density at radius 3 is 2.27 bits per heavy atom. The van der Waals surface area contributed by atoms with Crippen molar-refractivity contribution in [3.05, 3.63) is 11.6 Å². The molecule has 0 aromatic rings. The molecule has 0 heterocycles. The molecule has 0 spiro atoms. The molecule has 13 atom stereocenters. The molecule has 0 aromatic carbocycles. The van der Waals surface area contributed by atoms with E-state index in [9.17, 15) is 39.5 Å². The molecule has 5 aliphatic rings. The van der Waals surface area contributed by atoms with Crippen LogP contribution in [0.1, 0.15) is 98.8 Å². The highest BCUT2D eigenvalue weighted by atomic mass is 19.1. The zero-order valence-corrected chi connectivity index (χ0v) is 27.6. The number of alkyl halides is 1. The first-order valence-electron chi connectivity index (χ1n) is 17.1. The monoisotopic (exact) mass is 638 g/mol. The zero-order valence-electron chi connectivity index (χ0n) is 27.6. The first kappa shape index (κ1) is 34.7. The number of carbonyl (C=O) groups excluding carboxylic acids is 1. The quantitative estimate of drug-likeness (QED) is 0.141. The van der Waals surface area contributed by atoms with E-state index in [1.165, 1.54) is 12.5 Å². The largest absolute Gasteiger partial charge is 0.481 e. The average molecular weight is 639 g/mol. The van der Waals surface area contributed by atoms with Gasteiger partial charge in [0.25, 0.3) is 0 Å². The second-order valence-corrected chi connectivity index (χ2v) is 16.0. The van der Waals surface area contributed by atoms with Crippen molar-refractivity contribution in [1.82, 2.24) is 0 Å². The summed E-state index contributed by atoms with van der Waals surface area (Å²) < 4.78 is 23.3. The van der Waals surface area contributed by atoms with Crippen LogP contribution in [-0.4, -0.2) is 81.0 Å². The molecule has 10 heteroatoms. The van der Waals surface area contributed by atoms with Gasteiger partial charge in [0.2, 0.25) is 0 Å². The lowest BCUT2D eigenvalue weighted by Crippen LogP contribution is -2.66. The molecule has 0 bridgehead atoms. The third-order valence-corrected chi connectivity index (χ3v) is 13.7. The van der Waals surface area contributed by atoms with E-state index in [0.717, 1.165) is 38.5 Å². The Balaban J connectivity index is 1.42. The predicted molar refractivity (Wildman–Crippen MR) is 163 cm³/mol. The summed E-state index contributed by atoms with van der Waals surface area (Å²) in [6.07, 6.45) is 3.71. The fraction of sp³-hybridized carbons (Fsp3) is 0.886. The maximum atomic E-state index is 12.7. The van der Waals surface area contributed by atoms with Crippen LogP contribution in [0, 0.1) is 51.8 Å². The van der Waals surface area contributed by atoms with Crippen molar-refractivity contribution in [3.8, 4) is 0 Å². The third kappa shape index (κ3) is 5.58. The second kappa shape index (κ2) is 12.5. The lowest BCUT2D eigenvalue weighted by molar-refractivity contribution is -0.265. The number of rotatable bonds is 9. The van der Waals surface area contributed by atoms with Crippen molar-refractivity contribution >= 4 is 11.9 Å². The van der Waals surface area contributed by atoms with Gasteiger partial charge in [0, 0.05) is 5.92 Å². The lowest BCUT2D eigenvalue weighted by Gasteiger charge is -2.68. The predicted octanol–water partition coefficient (Wildman–Crippen LogP) is 4.39. The van der Waals surface area contributed by atoms with Crippen molar-refractivity contribution in [3.63, 3.8) is 0 Å². The first-order valence-corrected chi connectivity index (χ1v) is 17.1. The summed E-state index contributed by atoms with van der Waals surface area (Å²) in [7, 11) is 0. The number of hydrogen-bond acceptors (Lipinski definition) is 8. The Morgan fingerprint density at radius 1 is 0.978 bits per heavy atom. The van der Waals surface area contributed by atoms with Gasteiger partial charge in [-0.05, 0) is 118 Å². The highest BCUT2D eigenvalue weighted by molar-refractivity contribution is 5.76. The molecule has 12 unspecified atom stereocenters. The smallest absolute Gasteiger partial charge is 0.338 e. The van der Waals surface area contributed by atoms with E-state index in [0.29, 0.717) is 37.5 Å². The van der Waals surface area contributed by atoms with Gasteiger partial charge in [-0.2, -0.15) is 0 Å². The molecule has 0 aliphatic heterocycles. The van der Waals surface area contributed by atoms with Gasteiger partial charge in [-0.25, -0.2) is 9.18 Å². The van der Waals surface area contributed by atoms with E-state index < -0.39 is 66.8 Å². The van der Waals surface area contributed by atoms with Crippen LogP contribution in [0.2, 0.25) is 0 Å². The lowest BCUT2D eigenvalue weighted by atomic mass is 9.37. The van der Waals surface area contributed by atoms with E-state index in [1.807, 2.05) is 0 Å². The molecule has 45 heavy (non-hydrogen) atoms. The Morgan fingerprint density at radius 2 is 1.64 bits per heavy atom. The summed E-state index contributed by atoms with van der Waals surface area (Å²) in [5.74, 6) is -1.46. The Kier molecular flexibility index (Phi) is 9.62. The van der Waals surface area contributed by atoms with Gasteiger partial charge >= 0.3 is 11.9 Å². The van der Waals surface area contributed by atoms with Gasteiger partial charge in [-0.15, -0.1) is 0 Å². The van der Waals surface area contributed by atoms with Gasteiger partial charge < -0.3 is 35.0 Å². The summed E-state index contributed by atoms with van der Waals surface area (Å²) in [5, 5.41) is 54.0. The van der Waals surface area contributed by atoms with Gasteiger partial charge in [-0.3, -0.25) is 4.79 Å². The average Bonchev–Trinajstić information content (AvgIpc) is 2.96. The van der Waals surface area contributed by atoms with E-state index in [1.54, 1.807) is 6.92 Å². The molecule has 5 N–H and O–H groups in total. The minimum atomic E-state index is -2.04. The topological polar surface area (TPSA) is 154 Å². The Hall–Kier alpha value is -1.59. The van der Waals surface area contributed by atoms with E-state index in [2.05, 4.69) is 26.8 Å². The number of fused-ring (bicyclic) bond motifs is 7. The van der Waals surface area contributed by atoms with Crippen LogP contribution < -0.4 is 0 Å². The minimum absolute atomic E-state index is 0.0480. The summed E-state index contributed by atoms with van der Waals surface area (Å²) in [6.45, 7) is 8.52. The SMILES string of the molecule is CC1CCC2(C(=O)O)CCC3C(=CCC4C3(C)CCC3C4(C)CCC(C(OC(C(=O)OCCF)C(C)O)C(O)O)[C@@]3(C)O)C2C1. The molecule has 256 valence electrons. The number of aliphatic hydroxyl groups excluding tert-OH is 2. The Labute approximate surface area is 266 Å². The molecule has 0 amide bonds. The van der Waals surface area contributed by atoms with Crippen molar-refractivity contribution in [2.24, 2.45) is 51.8 Å². The number of ether oxygens (including phenoxy) is 2. The van der Waals surface area contributed by atoms with Crippen molar-refractivity contribution in [2.75, 3.05) is 13.3 Å². The van der Waals surface area contributed by atoms with Gasteiger partial charge in [0.05, 0.1) is 17.1 Å². The molecule has 0 aromatic heterocycles. The van der Waals surface area contributed by atoms with Gasteiger partial charge in [0.15, 0.2) is 12.4 Å². The highest BCUT2D eigenvalue weighted by Crippen LogP contribution is 2.71. The number of aliphatic hydroxyl groups is 4. The molecule has 0 saturated heterocycles. The van der Waals surface area contributed by atoms with Crippen LogP contribution >= 0.6 is 0 Å². The highest BCUT2D eigenvalue weighted by Gasteiger charge is 2.67. The molecule has 5 aliphatic carbocycles. The van der Waals surface area contributed by atoms with Crippen LogP contribution in [-0.2, 0) is 19.1 Å². The van der Waals surface area contributed by atoms with Crippen molar-refractivity contribution in [2.45, 2.75) is 129 Å². The van der Waals surface area contributed by atoms with Gasteiger partial charge in [-0.1, -0.05) is 32.4 Å². The maximum absolute atomic E-state index is 12.7. The normalized spacial score (nSPS) is 44.7. The number of hydrogen-bond donors (Lipinski definition) is 5. The second-order valence-electron chi connectivity index (χ2n) is 16.0. The van der Waals surface area contributed by atoms with Crippen LogP contribution in [0.15, 0.2) is 11.6 Å². The molecular formula is C35H55FO9. The summed E-state index contributed by atoms with van der Waals surface area (Å²) in [5.41, 5.74) is -1.01. The van der Waals surface area contributed by atoms with Crippen LogP contribution in [0.3, 0.4) is 0 Å². The number of allylic oxidation sites excluding steroid dienone is 2. The van der Waals surface area contributed by atoms with E-state index in [4.69, 9.17) is 9.47 Å². The maximum Gasteiger partial charge on any atom is 0.338 e. The van der Waals surface area contributed by atoms with E-state index >= 15 is 0 Å². The summed E-state index contributed by atoms with van der Waals surface area (Å²) in [6, 6.07) is 0. The molecule has 4 fully saturated rings. The fourth-order valence-electron chi connectivity index (χ4n) is 11.5. The van der Waals surface area contributed by atoms with Crippen molar-refractivity contribution < 1.29 is 49.0 Å². The van der Waals surface area contributed by atoms with Crippen molar-refractivity contribution in [1.29, 1.82) is 0 Å². The standard InChI is InChI=1S/C35H55FO9/c1-19-8-14-35(31(41)42)15-10-22-21(24(35)18-19)6-7-25-32(22,3)13-11-26-33(25,4)12-9-23(34(26,5)43)28(29(38)39)45-27(20(2)37)30(40)44-17-16-36/h6,19-20,22-29,37-39,43H,7-18H2,1-5H3,(H,41,42)/t19?,20?,22?,23?,24?,25?,26?,27?,28?,32?,33?,34-,35?/m1/s1. The molecule has 9 nitrogen and oxygen atoms in total. The number of esters is 1. The number of halogens is 1. The molecule has 4 saturated carbocycles. The molecule has 5 rings (SSSR count). The van der Waals surface area contributed by atoms with Gasteiger partial charge in [0.1, 0.15) is 19.4 Å². The third-order valence-electron chi connectivity index (χ3n) is 13.7. The van der Waals surface area contributed by atoms with Crippen LogP contribution in [0.25, 0.3) is 0 Å². The molecular weight excluding hydrogens is 583 g/mol. The zero-order chi connectivity index (χ0) is 33.1. The van der Waals surface area contributed by atoms with Crippen LogP contribution in [0.5, 0.6) is 0 Å². The fourth-order valence-corrected chi connectivity index (χ4v) is 11.5. The number of carboxylic acid groups (broad SMARTS) is 1. The van der Waals surface area contributed by atoms with E-state index in [-0.39, 0.29) is 28.6 Å². The summed E-state index contributed by atoms with van der Waals surface area (Å²) in [4.78, 5) is 25.3. The van der Waals surface area contributed by atoms with Crippen LogP contribution in [0.4, 0.5) is 4.39 Å². The molecule has 0 radical (unpaired) electrons.